The molecular weight excluding hydrogens is 412 g/mol. The van der Waals surface area contributed by atoms with E-state index < -0.39 is 12.1 Å². The predicted octanol–water partition coefficient (Wildman–Crippen LogP) is 4.76. The maximum absolute atomic E-state index is 13.3. The van der Waals surface area contributed by atoms with Gasteiger partial charge in [0.05, 0.1) is 24.3 Å². The van der Waals surface area contributed by atoms with Crippen LogP contribution in [0.4, 0.5) is 10.5 Å². The fourth-order valence-electron chi connectivity index (χ4n) is 3.25. The molecule has 0 saturated heterocycles. The zero-order valence-electron chi connectivity index (χ0n) is 15.6. The van der Waals surface area contributed by atoms with Crippen molar-refractivity contribution in [3.63, 3.8) is 0 Å². The molecule has 2 heterocycles. The summed E-state index contributed by atoms with van der Waals surface area (Å²) in [6.07, 6.45) is 0.946. The highest BCUT2D eigenvalue weighted by molar-refractivity contribution is 9.10. The van der Waals surface area contributed by atoms with E-state index in [9.17, 15) is 9.59 Å². The molecule has 0 amide bonds. The number of allylic oxidation sites excluding steroid dienone is 2. The number of halogens is 1. The summed E-state index contributed by atoms with van der Waals surface area (Å²) in [6, 6.07) is 9.45. The normalized spacial score (nSPS) is 16.0. The Morgan fingerprint density at radius 3 is 2.59 bits per heavy atom. The van der Waals surface area contributed by atoms with E-state index >= 15 is 0 Å². The highest BCUT2D eigenvalue weighted by atomic mass is 79.9. The lowest BCUT2D eigenvalue weighted by atomic mass is 9.86. The van der Waals surface area contributed by atoms with E-state index in [1.807, 2.05) is 44.2 Å². The lowest BCUT2D eigenvalue weighted by molar-refractivity contribution is 0.0928. The van der Waals surface area contributed by atoms with Crippen LogP contribution in [0.3, 0.4) is 0 Å². The first-order valence-electron chi connectivity index (χ1n) is 8.58. The molecule has 0 saturated carbocycles. The Bertz CT molecular complexity index is 978. The molecule has 1 aliphatic heterocycles. The van der Waals surface area contributed by atoms with Gasteiger partial charge in [-0.3, -0.25) is 4.79 Å². The van der Waals surface area contributed by atoms with Gasteiger partial charge >= 0.3 is 6.16 Å². The van der Waals surface area contributed by atoms with Crippen molar-refractivity contribution in [2.75, 3.05) is 12.4 Å². The molecule has 27 heavy (non-hydrogen) atoms. The lowest BCUT2D eigenvalue weighted by Crippen LogP contribution is -2.32. The van der Waals surface area contributed by atoms with Gasteiger partial charge in [-0.05, 0) is 38.5 Å². The molecule has 0 radical (unpaired) electrons. The van der Waals surface area contributed by atoms with Gasteiger partial charge in [0.2, 0.25) is 0 Å². The highest BCUT2D eigenvalue weighted by Gasteiger charge is 2.35. The molecule has 7 heteroatoms. The maximum atomic E-state index is 13.3. The molecule has 1 aromatic carbocycles. The monoisotopic (exact) mass is 432 g/mol. The molecule has 1 N–H and O–H groups in total. The first-order chi connectivity index (χ1) is 12.8. The summed E-state index contributed by atoms with van der Waals surface area (Å²) in [5.74, 6) is -0.200. The predicted molar refractivity (Wildman–Crippen MR) is 107 cm³/mol. The number of benzene rings is 1. The molecule has 0 bridgehead atoms. The fraction of sp³-hybridized carbons (Fsp3) is 0.300. The first kappa shape index (κ1) is 19.2. The van der Waals surface area contributed by atoms with Gasteiger partial charge in [-0.15, -0.1) is 0 Å². The number of ether oxygens (including phenoxy) is 2. The number of methoxy groups -OCH3 is 1. The number of hydrogen-bond donors (Lipinski definition) is 1. The number of nitrogens with zero attached hydrogens (tertiary/aromatic N) is 1. The van der Waals surface area contributed by atoms with Crippen molar-refractivity contribution in [3.8, 4) is 0 Å². The minimum atomic E-state index is -0.827. The Labute approximate surface area is 165 Å². The van der Waals surface area contributed by atoms with Crippen LogP contribution >= 0.6 is 15.9 Å². The molecule has 0 spiro atoms. The molecule has 1 unspecified atom stereocenters. The van der Waals surface area contributed by atoms with E-state index in [1.165, 1.54) is 7.11 Å². The number of fused-ring (bicyclic) bond motifs is 1. The Hall–Kier alpha value is -2.54. The van der Waals surface area contributed by atoms with Crippen molar-refractivity contribution in [1.29, 1.82) is 0 Å². The van der Waals surface area contributed by atoms with E-state index in [0.717, 1.165) is 10.0 Å². The molecule has 0 aliphatic carbocycles. The second kappa shape index (κ2) is 7.60. The first-order valence-corrected chi connectivity index (χ1v) is 9.37. The number of rotatable bonds is 3. The van der Waals surface area contributed by atoms with Crippen molar-refractivity contribution >= 4 is 27.8 Å². The molecule has 1 aromatic heterocycles. The molecule has 0 fully saturated rings. The third-order valence-corrected chi connectivity index (χ3v) is 5.25. The van der Waals surface area contributed by atoms with Crippen molar-refractivity contribution in [2.45, 2.75) is 32.7 Å². The van der Waals surface area contributed by atoms with E-state index in [1.54, 1.807) is 17.7 Å². The number of carbonyl (C=O) groups excluding carboxylic acids is 1. The fourth-order valence-corrected chi connectivity index (χ4v) is 3.76. The number of aromatic nitrogens is 1. The van der Waals surface area contributed by atoms with E-state index in [2.05, 4.69) is 26.0 Å². The Balaban J connectivity index is 2.29. The summed E-state index contributed by atoms with van der Waals surface area (Å²) in [6.45, 7) is 5.70. The molecule has 1 atom stereocenters. The standard InChI is InChI=1S/C20H21BrN2O4/c1-11(2)23-10-9-15-17(19(23)24)16(13-7-5-6-8-14(13)21)18(12(3)22-15)27-20(25)26-4/h5-11,16,22H,1-4H3. The average molecular weight is 433 g/mol. The van der Waals surface area contributed by atoms with Gasteiger partial charge < -0.3 is 19.4 Å². The summed E-state index contributed by atoms with van der Waals surface area (Å²) in [5, 5.41) is 3.18. The summed E-state index contributed by atoms with van der Waals surface area (Å²) < 4.78 is 12.6. The SMILES string of the molecule is COC(=O)OC1=C(C)Nc2ccn(C(C)C)c(=O)c2C1c1ccccc1Br. The van der Waals surface area contributed by atoms with Gasteiger partial charge in [0.25, 0.3) is 5.56 Å². The Morgan fingerprint density at radius 2 is 1.96 bits per heavy atom. The van der Waals surface area contributed by atoms with Crippen LogP contribution in [0.5, 0.6) is 0 Å². The minimum absolute atomic E-state index is 0.000331. The number of nitrogens with one attached hydrogen (secondary N) is 1. The number of anilines is 1. The molecular formula is C20H21BrN2O4. The van der Waals surface area contributed by atoms with Gasteiger partial charge in [-0.25, -0.2) is 4.79 Å². The van der Waals surface area contributed by atoms with Crippen molar-refractivity contribution in [1.82, 2.24) is 4.57 Å². The van der Waals surface area contributed by atoms with E-state index in [0.29, 0.717) is 22.7 Å². The Morgan fingerprint density at radius 1 is 1.26 bits per heavy atom. The minimum Gasteiger partial charge on any atom is -0.437 e. The van der Waals surface area contributed by atoms with Gasteiger partial charge in [-0.1, -0.05) is 34.1 Å². The summed E-state index contributed by atoms with van der Waals surface area (Å²) in [5.41, 5.74) is 2.58. The summed E-state index contributed by atoms with van der Waals surface area (Å²) in [7, 11) is 1.25. The van der Waals surface area contributed by atoms with Crippen LogP contribution in [0.15, 0.2) is 57.3 Å². The third-order valence-electron chi connectivity index (χ3n) is 4.53. The van der Waals surface area contributed by atoms with Crippen molar-refractivity contribution < 1.29 is 14.3 Å². The summed E-state index contributed by atoms with van der Waals surface area (Å²) in [4.78, 5) is 25.1. The topological polar surface area (TPSA) is 69.6 Å². The number of hydrogen-bond acceptors (Lipinski definition) is 5. The van der Waals surface area contributed by atoms with Crippen LogP contribution in [-0.4, -0.2) is 17.8 Å². The second-order valence-corrected chi connectivity index (χ2v) is 7.43. The van der Waals surface area contributed by atoms with Crippen molar-refractivity contribution in [3.05, 3.63) is 73.9 Å². The average Bonchev–Trinajstić information content (AvgIpc) is 2.63. The maximum Gasteiger partial charge on any atom is 0.513 e. The lowest BCUT2D eigenvalue weighted by Gasteiger charge is -2.30. The zero-order valence-corrected chi connectivity index (χ0v) is 17.2. The quantitative estimate of drug-likeness (QED) is 0.707. The van der Waals surface area contributed by atoms with Gasteiger partial charge in [0.15, 0.2) is 0 Å². The molecule has 1 aliphatic rings. The molecule has 142 valence electrons. The number of pyridine rings is 1. The Kier molecular flexibility index (Phi) is 5.41. The smallest absolute Gasteiger partial charge is 0.437 e. The largest absolute Gasteiger partial charge is 0.513 e. The highest BCUT2D eigenvalue weighted by Crippen LogP contribution is 2.42. The van der Waals surface area contributed by atoms with Crippen LogP contribution in [0.1, 0.15) is 43.9 Å². The number of carbonyl (C=O) groups is 1. The molecule has 3 rings (SSSR count). The molecule has 2 aromatic rings. The van der Waals surface area contributed by atoms with Crippen LogP contribution < -0.4 is 10.9 Å². The zero-order chi connectivity index (χ0) is 19.7. The van der Waals surface area contributed by atoms with Crippen molar-refractivity contribution in [2.24, 2.45) is 0 Å². The van der Waals surface area contributed by atoms with Crippen LogP contribution in [-0.2, 0) is 9.47 Å². The van der Waals surface area contributed by atoms with Gasteiger partial charge in [-0.2, -0.15) is 0 Å². The van der Waals surface area contributed by atoms with Gasteiger partial charge in [0.1, 0.15) is 5.76 Å². The van der Waals surface area contributed by atoms with Crippen LogP contribution in [0.2, 0.25) is 0 Å². The third kappa shape index (κ3) is 3.51. The van der Waals surface area contributed by atoms with Crippen LogP contribution in [0.25, 0.3) is 0 Å². The van der Waals surface area contributed by atoms with E-state index in [-0.39, 0.29) is 11.6 Å². The van der Waals surface area contributed by atoms with E-state index in [4.69, 9.17) is 4.74 Å². The summed E-state index contributed by atoms with van der Waals surface area (Å²) >= 11 is 3.56. The molecule has 6 nitrogen and oxygen atoms in total. The second-order valence-electron chi connectivity index (χ2n) is 6.57. The van der Waals surface area contributed by atoms with Gasteiger partial charge in [0, 0.05) is 22.4 Å². The van der Waals surface area contributed by atoms with Crippen LogP contribution in [0, 0.1) is 0 Å².